The van der Waals surface area contributed by atoms with Crippen LogP contribution < -0.4 is 5.32 Å². The Balaban J connectivity index is 1.60. The van der Waals surface area contributed by atoms with Crippen LogP contribution in [0.5, 0.6) is 0 Å². The van der Waals surface area contributed by atoms with Gasteiger partial charge < -0.3 is 14.2 Å². The van der Waals surface area contributed by atoms with Crippen LogP contribution in [-0.4, -0.2) is 11.0 Å². The zero-order valence-electron chi connectivity index (χ0n) is 11.8. The first kappa shape index (κ1) is 12.5. The number of nitrogens with one attached hydrogen (secondary N) is 1. The van der Waals surface area contributed by atoms with Crippen LogP contribution in [0.15, 0.2) is 45.6 Å². The Morgan fingerprint density at radius 3 is 2.76 bits per heavy atom. The smallest absolute Gasteiger partial charge is 0.295 e. The summed E-state index contributed by atoms with van der Waals surface area (Å²) >= 11 is 0. The molecule has 0 amide bonds. The van der Waals surface area contributed by atoms with Crippen molar-refractivity contribution >= 4 is 17.1 Å². The molecule has 21 heavy (non-hydrogen) atoms. The van der Waals surface area contributed by atoms with Crippen molar-refractivity contribution in [3.63, 3.8) is 0 Å². The number of hydrogen-bond donors (Lipinski definition) is 1. The van der Waals surface area contributed by atoms with Gasteiger partial charge in [-0.3, -0.25) is 0 Å². The average molecular weight is 282 g/mol. The molecule has 1 aromatic carbocycles. The predicted octanol–water partition coefficient (Wildman–Crippen LogP) is 4.83. The summed E-state index contributed by atoms with van der Waals surface area (Å²) in [6.45, 7) is 0. The Kier molecular flexibility index (Phi) is 3.14. The highest BCUT2D eigenvalue weighted by Crippen LogP contribution is 2.28. The number of aromatic nitrogens is 1. The Morgan fingerprint density at radius 1 is 1.05 bits per heavy atom. The summed E-state index contributed by atoms with van der Waals surface area (Å²) in [4.78, 5) is 4.57. The molecule has 0 radical (unpaired) electrons. The summed E-state index contributed by atoms with van der Waals surface area (Å²) in [6.07, 6.45) is 9.77. The molecule has 0 spiro atoms. The van der Waals surface area contributed by atoms with E-state index >= 15 is 0 Å². The second-order valence-electron chi connectivity index (χ2n) is 5.69. The molecule has 4 heteroatoms. The SMILES string of the molecule is c1cc(-c2ccc3oc(NC4CCCCC4)nc3c2)co1. The topological polar surface area (TPSA) is 51.2 Å². The third kappa shape index (κ3) is 2.53. The van der Waals surface area contributed by atoms with Crippen molar-refractivity contribution in [1.82, 2.24) is 4.98 Å². The van der Waals surface area contributed by atoms with Crippen LogP contribution in [0.2, 0.25) is 0 Å². The summed E-state index contributed by atoms with van der Waals surface area (Å²) in [6, 6.07) is 9.12. The number of anilines is 1. The molecular formula is C17H18N2O2. The van der Waals surface area contributed by atoms with Gasteiger partial charge in [0.1, 0.15) is 5.52 Å². The number of oxazole rings is 1. The fourth-order valence-electron chi connectivity index (χ4n) is 3.02. The minimum Gasteiger partial charge on any atom is -0.472 e. The van der Waals surface area contributed by atoms with Gasteiger partial charge in [0, 0.05) is 11.6 Å². The molecule has 2 heterocycles. The van der Waals surface area contributed by atoms with E-state index in [9.17, 15) is 0 Å². The van der Waals surface area contributed by atoms with E-state index in [-0.39, 0.29) is 0 Å². The lowest BCUT2D eigenvalue weighted by Crippen LogP contribution is -2.22. The molecule has 3 aromatic rings. The molecule has 2 aromatic heterocycles. The molecule has 108 valence electrons. The Morgan fingerprint density at radius 2 is 1.95 bits per heavy atom. The molecule has 1 saturated carbocycles. The highest BCUT2D eigenvalue weighted by molar-refractivity contribution is 5.81. The summed E-state index contributed by atoms with van der Waals surface area (Å²) in [5.74, 6) is 0. The van der Waals surface area contributed by atoms with Crippen molar-refractivity contribution in [1.29, 1.82) is 0 Å². The first-order valence-corrected chi connectivity index (χ1v) is 7.58. The molecule has 1 aliphatic carbocycles. The zero-order valence-corrected chi connectivity index (χ0v) is 11.8. The van der Waals surface area contributed by atoms with Crippen molar-refractivity contribution < 1.29 is 8.83 Å². The highest BCUT2D eigenvalue weighted by atomic mass is 16.4. The van der Waals surface area contributed by atoms with E-state index in [0.717, 1.165) is 22.2 Å². The maximum absolute atomic E-state index is 5.80. The van der Waals surface area contributed by atoms with Crippen LogP contribution in [0.3, 0.4) is 0 Å². The van der Waals surface area contributed by atoms with Gasteiger partial charge in [-0.15, -0.1) is 0 Å². The largest absolute Gasteiger partial charge is 0.472 e. The Bertz CT molecular complexity index is 724. The van der Waals surface area contributed by atoms with E-state index in [1.807, 2.05) is 24.3 Å². The van der Waals surface area contributed by atoms with E-state index in [1.165, 1.54) is 32.1 Å². The lowest BCUT2D eigenvalue weighted by atomic mass is 9.96. The molecule has 0 unspecified atom stereocenters. The minimum atomic E-state index is 0.500. The van der Waals surface area contributed by atoms with Gasteiger partial charge in [0.25, 0.3) is 6.01 Å². The van der Waals surface area contributed by atoms with Crippen molar-refractivity contribution in [2.75, 3.05) is 5.32 Å². The second kappa shape index (κ2) is 5.28. The number of benzene rings is 1. The third-order valence-electron chi connectivity index (χ3n) is 4.17. The molecule has 0 aliphatic heterocycles. The average Bonchev–Trinajstić information content (AvgIpc) is 3.16. The van der Waals surface area contributed by atoms with Gasteiger partial charge in [0.05, 0.1) is 12.5 Å². The van der Waals surface area contributed by atoms with Gasteiger partial charge in [-0.1, -0.05) is 25.3 Å². The van der Waals surface area contributed by atoms with Crippen molar-refractivity contribution in [3.8, 4) is 11.1 Å². The number of nitrogens with zero attached hydrogens (tertiary/aromatic N) is 1. The van der Waals surface area contributed by atoms with Crippen LogP contribution in [0.25, 0.3) is 22.2 Å². The maximum Gasteiger partial charge on any atom is 0.295 e. The van der Waals surface area contributed by atoms with Crippen molar-refractivity contribution in [2.24, 2.45) is 0 Å². The fourth-order valence-corrected chi connectivity index (χ4v) is 3.02. The van der Waals surface area contributed by atoms with Crippen LogP contribution in [0.4, 0.5) is 6.01 Å². The predicted molar refractivity (Wildman–Crippen MR) is 82.2 cm³/mol. The lowest BCUT2D eigenvalue weighted by molar-refractivity contribution is 0.451. The maximum atomic E-state index is 5.80. The molecule has 1 fully saturated rings. The molecule has 0 atom stereocenters. The Hall–Kier alpha value is -2.23. The monoisotopic (exact) mass is 282 g/mol. The van der Waals surface area contributed by atoms with E-state index in [2.05, 4.69) is 10.3 Å². The zero-order chi connectivity index (χ0) is 14.1. The third-order valence-corrected chi connectivity index (χ3v) is 4.17. The normalized spacial score (nSPS) is 16.4. The van der Waals surface area contributed by atoms with Crippen LogP contribution >= 0.6 is 0 Å². The molecular weight excluding hydrogens is 264 g/mol. The summed E-state index contributed by atoms with van der Waals surface area (Å²) in [7, 11) is 0. The van der Waals surface area contributed by atoms with E-state index < -0.39 is 0 Å². The summed E-state index contributed by atoms with van der Waals surface area (Å²) in [5, 5.41) is 3.43. The first-order chi connectivity index (χ1) is 10.4. The van der Waals surface area contributed by atoms with Gasteiger partial charge in [-0.2, -0.15) is 4.98 Å². The Labute approximate surface area is 123 Å². The van der Waals surface area contributed by atoms with Gasteiger partial charge >= 0.3 is 0 Å². The van der Waals surface area contributed by atoms with Gasteiger partial charge in [-0.05, 0) is 36.6 Å². The van der Waals surface area contributed by atoms with Crippen molar-refractivity contribution in [2.45, 2.75) is 38.1 Å². The van der Waals surface area contributed by atoms with Gasteiger partial charge in [0.15, 0.2) is 5.58 Å². The molecule has 1 N–H and O–H groups in total. The number of furan rings is 1. The minimum absolute atomic E-state index is 0.500. The van der Waals surface area contributed by atoms with Crippen LogP contribution in [-0.2, 0) is 0 Å². The second-order valence-corrected chi connectivity index (χ2v) is 5.69. The fraction of sp³-hybridized carbons (Fsp3) is 0.353. The van der Waals surface area contributed by atoms with Crippen LogP contribution in [0, 0.1) is 0 Å². The van der Waals surface area contributed by atoms with Gasteiger partial charge in [0.2, 0.25) is 0 Å². The highest BCUT2D eigenvalue weighted by Gasteiger charge is 2.16. The van der Waals surface area contributed by atoms with Gasteiger partial charge in [-0.25, -0.2) is 0 Å². The molecule has 0 bridgehead atoms. The standard InChI is InChI=1S/C17H18N2O2/c1-2-4-14(5-3-1)18-17-19-15-10-12(6-7-16(15)21-17)13-8-9-20-11-13/h6-11,14H,1-5H2,(H,18,19). The quantitative estimate of drug-likeness (QED) is 0.747. The molecule has 4 rings (SSSR count). The summed E-state index contributed by atoms with van der Waals surface area (Å²) < 4.78 is 10.9. The van der Waals surface area contributed by atoms with E-state index in [0.29, 0.717) is 12.1 Å². The van der Waals surface area contributed by atoms with E-state index in [4.69, 9.17) is 8.83 Å². The number of hydrogen-bond acceptors (Lipinski definition) is 4. The van der Waals surface area contributed by atoms with Crippen LogP contribution in [0.1, 0.15) is 32.1 Å². The number of rotatable bonds is 3. The molecule has 0 saturated heterocycles. The molecule has 4 nitrogen and oxygen atoms in total. The number of fused-ring (bicyclic) bond motifs is 1. The molecule has 1 aliphatic rings. The first-order valence-electron chi connectivity index (χ1n) is 7.58. The summed E-state index contributed by atoms with van der Waals surface area (Å²) in [5.41, 5.74) is 3.85. The van der Waals surface area contributed by atoms with E-state index in [1.54, 1.807) is 12.5 Å². The van der Waals surface area contributed by atoms with Crippen molar-refractivity contribution in [3.05, 3.63) is 36.8 Å². The lowest BCUT2D eigenvalue weighted by Gasteiger charge is -2.21.